The van der Waals surface area contributed by atoms with E-state index >= 15 is 0 Å². The summed E-state index contributed by atoms with van der Waals surface area (Å²) in [6.45, 7) is 1.61. The molecule has 2 aromatic rings. The van der Waals surface area contributed by atoms with Gasteiger partial charge in [-0.25, -0.2) is 0 Å². The maximum atomic E-state index is 6.27. The third-order valence-electron chi connectivity index (χ3n) is 4.11. The van der Waals surface area contributed by atoms with E-state index in [2.05, 4.69) is 69.7 Å². The van der Waals surface area contributed by atoms with Crippen LogP contribution in [-0.2, 0) is 9.47 Å². The number of likely N-dealkylation sites (N-methyl/N-ethyl adjacent to an activating group) is 1. The van der Waals surface area contributed by atoms with Crippen molar-refractivity contribution in [3.63, 3.8) is 0 Å². The highest BCUT2D eigenvalue weighted by Gasteiger charge is 2.36. The molecule has 2 atom stereocenters. The van der Waals surface area contributed by atoms with Gasteiger partial charge in [0.15, 0.2) is 6.29 Å². The summed E-state index contributed by atoms with van der Waals surface area (Å²) in [5.41, 5.74) is 2.46. The van der Waals surface area contributed by atoms with Gasteiger partial charge in [0.1, 0.15) is 12.6 Å². The van der Waals surface area contributed by atoms with E-state index in [0.717, 1.165) is 11.0 Å². The smallest absolute Gasteiger partial charge is 0.169 e. The molecule has 3 nitrogen and oxygen atoms in total. The Morgan fingerprint density at radius 3 is 1.88 bits per heavy atom. The molecule has 0 aromatic heterocycles. The van der Waals surface area contributed by atoms with Crippen molar-refractivity contribution in [1.29, 1.82) is 0 Å². The number of hydrogen-bond acceptors (Lipinski definition) is 2. The molecule has 3 rings (SSSR count). The zero-order valence-corrected chi connectivity index (χ0v) is 16.7. The van der Waals surface area contributed by atoms with Crippen LogP contribution >= 0.6 is 0 Å². The predicted octanol–water partition coefficient (Wildman–Crippen LogP) is 0.270. The molecule has 1 aliphatic heterocycles. The van der Waals surface area contributed by atoms with Gasteiger partial charge in [-0.15, -0.1) is 0 Å². The second kappa shape index (κ2) is 8.43. The van der Waals surface area contributed by atoms with Gasteiger partial charge in [-0.3, -0.25) is 0 Å². The Balaban J connectivity index is 0.00000208. The third-order valence-corrected chi connectivity index (χ3v) is 4.11. The minimum Gasteiger partial charge on any atom is -1.00 e. The van der Waals surface area contributed by atoms with Crippen LogP contribution in [0.1, 0.15) is 17.0 Å². The lowest BCUT2D eigenvalue weighted by molar-refractivity contribution is -0.873. The molecule has 130 valence electrons. The largest absolute Gasteiger partial charge is 1.00 e. The highest BCUT2D eigenvalue weighted by Crippen LogP contribution is 2.33. The van der Waals surface area contributed by atoms with Crippen molar-refractivity contribution in [3.8, 4) is 0 Å². The lowest BCUT2D eigenvalue weighted by Crippen LogP contribution is -3.00. The summed E-state index contributed by atoms with van der Waals surface area (Å²) in [5.74, 6) is 0.106. The Labute approximate surface area is 162 Å². The minimum absolute atomic E-state index is 0. The number of ether oxygens (including phenoxy) is 2. The first-order chi connectivity index (χ1) is 11.0. The molecule has 4 heteroatoms. The van der Waals surface area contributed by atoms with E-state index in [9.17, 15) is 0 Å². The van der Waals surface area contributed by atoms with Gasteiger partial charge in [0.2, 0.25) is 0 Å². The Bertz CT molecular complexity index is 573. The van der Waals surface area contributed by atoms with Crippen LogP contribution < -0.4 is 24.0 Å². The molecular weight excluding hydrogens is 413 g/mol. The SMILES string of the molecule is C[N+](C)(C)C[C@@H]1CO[C@H](C(c2ccccc2)c2ccccc2)O1.[I-]. The second-order valence-corrected chi connectivity index (χ2v) is 7.23. The molecule has 0 amide bonds. The van der Waals surface area contributed by atoms with Crippen molar-refractivity contribution >= 4 is 0 Å². The molecular formula is C20H26INO2. The van der Waals surface area contributed by atoms with Crippen LogP contribution in [0.3, 0.4) is 0 Å². The standard InChI is InChI=1S/C20H26NO2.HI/c1-21(2,3)14-18-15-22-20(23-18)19(16-10-6-4-7-11-16)17-12-8-5-9-13-17;/h4-13,18-20H,14-15H2,1-3H3;1H/q+1;/p-1/t18-,20+;/m1./s1. The van der Waals surface area contributed by atoms with Gasteiger partial charge < -0.3 is 37.9 Å². The Hall–Kier alpha value is -0.950. The van der Waals surface area contributed by atoms with E-state index in [0.29, 0.717) is 6.61 Å². The molecule has 0 radical (unpaired) electrons. The number of quaternary nitrogens is 1. The molecule has 0 unspecified atom stereocenters. The Morgan fingerprint density at radius 1 is 0.917 bits per heavy atom. The minimum atomic E-state index is -0.226. The van der Waals surface area contributed by atoms with E-state index in [-0.39, 0.29) is 42.3 Å². The van der Waals surface area contributed by atoms with Gasteiger partial charge in [-0.2, -0.15) is 0 Å². The Kier molecular flexibility index (Phi) is 6.80. The highest BCUT2D eigenvalue weighted by molar-refractivity contribution is 5.33. The normalized spacial score (nSPS) is 20.8. The first kappa shape index (κ1) is 19.4. The number of nitrogens with zero attached hydrogens (tertiary/aromatic N) is 1. The molecule has 0 N–H and O–H groups in total. The molecule has 24 heavy (non-hydrogen) atoms. The second-order valence-electron chi connectivity index (χ2n) is 7.23. The molecule has 1 fully saturated rings. The van der Waals surface area contributed by atoms with Crippen LogP contribution in [0, 0.1) is 0 Å². The van der Waals surface area contributed by atoms with E-state index in [1.807, 2.05) is 12.1 Å². The zero-order chi connectivity index (χ0) is 16.3. The quantitative estimate of drug-likeness (QED) is 0.492. The first-order valence-corrected chi connectivity index (χ1v) is 8.20. The fourth-order valence-corrected chi connectivity index (χ4v) is 3.18. The zero-order valence-electron chi connectivity index (χ0n) is 14.6. The van der Waals surface area contributed by atoms with E-state index in [4.69, 9.17) is 9.47 Å². The van der Waals surface area contributed by atoms with Crippen LogP contribution in [0.5, 0.6) is 0 Å². The van der Waals surface area contributed by atoms with Crippen LogP contribution in [0.25, 0.3) is 0 Å². The number of benzene rings is 2. The molecule has 0 saturated carbocycles. The van der Waals surface area contributed by atoms with Crippen molar-refractivity contribution < 1.29 is 37.9 Å². The third kappa shape index (κ3) is 5.02. The summed E-state index contributed by atoms with van der Waals surface area (Å²) >= 11 is 0. The predicted molar refractivity (Wildman–Crippen MR) is 92.2 cm³/mol. The summed E-state index contributed by atoms with van der Waals surface area (Å²) in [6.07, 6.45) is -0.0775. The van der Waals surface area contributed by atoms with Crippen molar-refractivity contribution in [3.05, 3.63) is 71.8 Å². The van der Waals surface area contributed by atoms with Gasteiger partial charge in [0, 0.05) is 0 Å². The van der Waals surface area contributed by atoms with E-state index in [1.54, 1.807) is 0 Å². The van der Waals surface area contributed by atoms with Gasteiger partial charge in [-0.05, 0) is 11.1 Å². The molecule has 1 heterocycles. The summed E-state index contributed by atoms with van der Waals surface area (Å²) in [5, 5.41) is 0. The lowest BCUT2D eigenvalue weighted by atomic mass is 9.91. The van der Waals surface area contributed by atoms with Crippen LogP contribution in [0.4, 0.5) is 0 Å². The van der Waals surface area contributed by atoms with Crippen molar-refractivity contribution in [2.75, 3.05) is 34.3 Å². The molecule has 0 bridgehead atoms. The molecule has 1 aliphatic rings. The van der Waals surface area contributed by atoms with Crippen molar-refractivity contribution in [2.45, 2.75) is 18.3 Å². The number of halogens is 1. The van der Waals surface area contributed by atoms with E-state index < -0.39 is 0 Å². The average molecular weight is 439 g/mol. The van der Waals surface area contributed by atoms with E-state index in [1.165, 1.54) is 11.1 Å². The number of hydrogen-bond donors (Lipinski definition) is 0. The fourth-order valence-electron chi connectivity index (χ4n) is 3.18. The molecule has 1 saturated heterocycles. The van der Waals surface area contributed by atoms with Crippen molar-refractivity contribution in [2.24, 2.45) is 0 Å². The first-order valence-electron chi connectivity index (χ1n) is 8.20. The Morgan fingerprint density at radius 2 is 1.42 bits per heavy atom. The highest BCUT2D eigenvalue weighted by atomic mass is 127. The molecule has 0 aliphatic carbocycles. The summed E-state index contributed by atoms with van der Waals surface area (Å²) in [4.78, 5) is 0. The van der Waals surface area contributed by atoms with Gasteiger partial charge in [0.05, 0.1) is 33.7 Å². The van der Waals surface area contributed by atoms with Gasteiger partial charge >= 0.3 is 0 Å². The summed E-state index contributed by atoms with van der Waals surface area (Å²) in [6, 6.07) is 21.0. The lowest BCUT2D eigenvalue weighted by Gasteiger charge is -2.27. The topological polar surface area (TPSA) is 18.5 Å². The molecule has 0 spiro atoms. The van der Waals surface area contributed by atoms with Crippen molar-refractivity contribution in [1.82, 2.24) is 0 Å². The average Bonchev–Trinajstić information content (AvgIpc) is 2.96. The van der Waals surface area contributed by atoms with Gasteiger partial charge in [0.25, 0.3) is 0 Å². The summed E-state index contributed by atoms with van der Waals surface area (Å²) in [7, 11) is 6.55. The van der Waals surface area contributed by atoms with Crippen LogP contribution in [0.2, 0.25) is 0 Å². The summed E-state index contributed by atoms with van der Waals surface area (Å²) < 4.78 is 13.2. The van der Waals surface area contributed by atoms with Crippen LogP contribution in [-0.4, -0.2) is 51.2 Å². The maximum absolute atomic E-state index is 6.27. The monoisotopic (exact) mass is 439 g/mol. The van der Waals surface area contributed by atoms with Crippen LogP contribution in [0.15, 0.2) is 60.7 Å². The maximum Gasteiger partial charge on any atom is 0.169 e. The molecule has 2 aromatic carbocycles. The van der Waals surface area contributed by atoms with Gasteiger partial charge in [-0.1, -0.05) is 60.7 Å². The fraction of sp³-hybridized carbons (Fsp3) is 0.400. The number of rotatable bonds is 5.